The van der Waals surface area contributed by atoms with Gasteiger partial charge in [0.05, 0.1) is 0 Å². The summed E-state index contributed by atoms with van der Waals surface area (Å²) in [6, 6.07) is 0. The summed E-state index contributed by atoms with van der Waals surface area (Å²) >= 11 is 5.64. The maximum Gasteiger partial charge on any atom is 0.0413 e. The number of halogens is 2. The average molecular weight is 298 g/mol. The van der Waals surface area contributed by atoms with E-state index in [0.717, 1.165) is 4.47 Å². The predicted molar refractivity (Wildman–Crippen MR) is 49.4 cm³/mol. The smallest absolute Gasteiger partial charge is 0.0413 e. The first-order valence-corrected chi connectivity index (χ1v) is 4.34. The molecule has 0 saturated heterocycles. The Kier molecular flexibility index (Phi) is 2.46. The van der Waals surface area contributed by atoms with Gasteiger partial charge in [0.1, 0.15) is 0 Å². The summed E-state index contributed by atoms with van der Waals surface area (Å²) in [6.45, 7) is 2.06. The van der Waals surface area contributed by atoms with Crippen LogP contribution >= 0.6 is 38.5 Å². The second-order valence-electron chi connectivity index (χ2n) is 1.73. The molecule has 0 radical (unpaired) electrons. The predicted octanol–water partition coefficient (Wildman–Crippen LogP) is 2.76. The minimum atomic E-state index is 1.08. The molecule has 0 aromatic carbocycles. The quantitative estimate of drug-likeness (QED) is 0.671. The van der Waals surface area contributed by atoms with Gasteiger partial charge in [0, 0.05) is 20.4 Å². The normalized spacial score (nSPS) is 9.67. The molecule has 1 aromatic rings. The van der Waals surface area contributed by atoms with Crippen molar-refractivity contribution in [3.63, 3.8) is 0 Å². The summed E-state index contributed by atoms with van der Waals surface area (Å²) in [6.07, 6.45) is 3.65. The van der Waals surface area contributed by atoms with Crippen LogP contribution in [0.2, 0.25) is 0 Å². The molecule has 48 valence electrons. The van der Waals surface area contributed by atoms with E-state index in [9.17, 15) is 0 Å². The lowest BCUT2D eigenvalue weighted by Gasteiger charge is -1.96. The SMILES string of the molecule is Cc1c(Br)cncc1I. The Hall–Kier alpha value is 0.360. The van der Waals surface area contributed by atoms with Crippen molar-refractivity contribution in [2.24, 2.45) is 0 Å². The Balaban J connectivity index is 3.25. The fourth-order valence-corrected chi connectivity index (χ4v) is 1.63. The highest BCUT2D eigenvalue weighted by molar-refractivity contribution is 14.1. The molecule has 0 unspecified atom stereocenters. The van der Waals surface area contributed by atoms with Crippen molar-refractivity contribution in [2.75, 3.05) is 0 Å². The van der Waals surface area contributed by atoms with Crippen LogP contribution in [-0.2, 0) is 0 Å². The first-order chi connectivity index (χ1) is 4.22. The summed E-state index contributed by atoms with van der Waals surface area (Å²) in [5, 5.41) is 0. The fourth-order valence-electron chi connectivity index (χ4n) is 0.476. The highest BCUT2D eigenvalue weighted by atomic mass is 127. The third-order valence-corrected chi connectivity index (χ3v) is 2.98. The molecule has 0 bridgehead atoms. The van der Waals surface area contributed by atoms with Gasteiger partial charge in [-0.05, 0) is 51.0 Å². The van der Waals surface area contributed by atoms with E-state index in [1.165, 1.54) is 9.13 Å². The monoisotopic (exact) mass is 297 g/mol. The average Bonchev–Trinajstić information content (AvgIpc) is 1.83. The van der Waals surface area contributed by atoms with Crippen LogP contribution in [0.15, 0.2) is 16.9 Å². The van der Waals surface area contributed by atoms with E-state index in [1.807, 2.05) is 6.20 Å². The molecule has 1 rings (SSSR count). The first kappa shape index (κ1) is 7.47. The van der Waals surface area contributed by atoms with Crippen LogP contribution in [0.1, 0.15) is 5.56 Å². The lowest BCUT2D eigenvalue weighted by Crippen LogP contribution is -1.82. The zero-order valence-corrected chi connectivity index (χ0v) is 8.60. The van der Waals surface area contributed by atoms with E-state index >= 15 is 0 Å². The van der Waals surface area contributed by atoms with Crippen molar-refractivity contribution in [3.8, 4) is 0 Å². The van der Waals surface area contributed by atoms with Crippen molar-refractivity contribution in [3.05, 3.63) is 26.0 Å². The molecule has 1 heterocycles. The van der Waals surface area contributed by atoms with Crippen LogP contribution in [0, 0.1) is 10.5 Å². The number of hydrogen-bond donors (Lipinski definition) is 0. The molecule has 0 atom stereocenters. The highest BCUT2D eigenvalue weighted by Gasteiger charge is 1.96. The van der Waals surface area contributed by atoms with E-state index in [0.29, 0.717) is 0 Å². The number of rotatable bonds is 0. The standard InChI is InChI=1S/C6H5BrIN/c1-4-5(7)2-9-3-6(4)8/h2-3H,1H3. The summed E-state index contributed by atoms with van der Waals surface area (Å²) in [5.41, 5.74) is 1.26. The van der Waals surface area contributed by atoms with Gasteiger partial charge in [-0.2, -0.15) is 0 Å². The van der Waals surface area contributed by atoms with Gasteiger partial charge in [0.25, 0.3) is 0 Å². The zero-order chi connectivity index (χ0) is 6.85. The number of hydrogen-bond acceptors (Lipinski definition) is 1. The van der Waals surface area contributed by atoms with Gasteiger partial charge in [0.2, 0.25) is 0 Å². The van der Waals surface area contributed by atoms with Crippen LogP contribution < -0.4 is 0 Å². The molecule has 1 nitrogen and oxygen atoms in total. The number of aromatic nitrogens is 1. The minimum absolute atomic E-state index is 1.08. The van der Waals surface area contributed by atoms with E-state index in [4.69, 9.17) is 0 Å². The van der Waals surface area contributed by atoms with Gasteiger partial charge < -0.3 is 0 Å². The summed E-state index contributed by atoms with van der Waals surface area (Å²) in [7, 11) is 0. The Morgan fingerprint density at radius 3 is 2.67 bits per heavy atom. The number of nitrogens with zero attached hydrogens (tertiary/aromatic N) is 1. The second kappa shape index (κ2) is 2.96. The molecular weight excluding hydrogens is 293 g/mol. The Morgan fingerprint density at radius 1 is 1.56 bits per heavy atom. The van der Waals surface area contributed by atoms with Crippen molar-refractivity contribution in [1.82, 2.24) is 4.98 Å². The van der Waals surface area contributed by atoms with E-state index in [-0.39, 0.29) is 0 Å². The Labute approximate surface area is 76.1 Å². The van der Waals surface area contributed by atoms with Crippen molar-refractivity contribution in [2.45, 2.75) is 6.92 Å². The largest absolute Gasteiger partial charge is 0.262 e. The van der Waals surface area contributed by atoms with Crippen molar-refractivity contribution >= 4 is 38.5 Å². The summed E-state index contributed by atoms with van der Waals surface area (Å²) < 4.78 is 2.27. The van der Waals surface area contributed by atoms with Gasteiger partial charge in [-0.1, -0.05) is 0 Å². The minimum Gasteiger partial charge on any atom is -0.262 e. The molecule has 1 aromatic heterocycles. The molecule has 0 spiro atoms. The van der Waals surface area contributed by atoms with Crippen molar-refractivity contribution < 1.29 is 0 Å². The van der Waals surface area contributed by atoms with E-state index in [2.05, 4.69) is 50.4 Å². The van der Waals surface area contributed by atoms with Gasteiger partial charge in [-0.25, -0.2) is 0 Å². The topological polar surface area (TPSA) is 12.9 Å². The molecule has 0 saturated carbocycles. The van der Waals surface area contributed by atoms with Crippen LogP contribution in [-0.4, -0.2) is 4.98 Å². The van der Waals surface area contributed by atoms with Gasteiger partial charge in [-0.3, -0.25) is 4.98 Å². The molecule has 0 aliphatic rings. The van der Waals surface area contributed by atoms with Crippen LogP contribution in [0.25, 0.3) is 0 Å². The van der Waals surface area contributed by atoms with E-state index < -0.39 is 0 Å². The Bertz CT molecular complexity index is 204. The maximum absolute atomic E-state index is 3.99. The molecular formula is C6H5BrIN. The molecule has 0 N–H and O–H groups in total. The molecule has 3 heteroatoms. The fraction of sp³-hybridized carbons (Fsp3) is 0.167. The highest BCUT2D eigenvalue weighted by Crippen LogP contribution is 2.18. The summed E-state index contributed by atoms with van der Waals surface area (Å²) in [5.74, 6) is 0. The molecule has 0 fully saturated rings. The lowest BCUT2D eigenvalue weighted by atomic mass is 10.3. The van der Waals surface area contributed by atoms with Crippen LogP contribution in [0.4, 0.5) is 0 Å². The molecule has 0 aliphatic carbocycles. The third-order valence-electron chi connectivity index (χ3n) is 1.09. The number of pyridine rings is 1. The van der Waals surface area contributed by atoms with E-state index in [1.54, 1.807) is 6.20 Å². The lowest BCUT2D eigenvalue weighted by molar-refractivity contribution is 1.23. The summed E-state index contributed by atoms with van der Waals surface area (Å²) in [4.78, 5) is 3.99. The molecule has 0 aliphatic heterocycles. The van der Waals surface area contributed by atoms with Crippen molar-refractivity contribution in [1.29, 1.82) is 0 Å². The van der Waals surface area contributed by atoms with Crippen LogP contribution in [0.3, 0.4) is 0 Å². The van der Waals surface area contributed by atoms with Crippen LogP contribution in [0.5, 0.6) is 0 Å². The zero-order valence-electron chi connectivity index (χ0n) is 4.86. The van der Waals surface area contributed by atoms with Gasteiger partial charge in [0.15, 0.2) is 0 Å². The van der Waals surface area contributed by atoms with Gasteiger partial charge in [-0.15, -0.1) is 0 Å². The molecule has 0 amide bonds. The second-order valence-corrected chi connectivity index (χ2v) is 3.74. The molecule has 9 heavy (non-hydrogen) atoms. The maximum atomic E-state index is 3.99. The Morgan fingerprint density at radius 2 is 2.22 bits per heavy atom. The third kappa shape index (κ3) is 1.64. The van der Waals surface area contributed by atoms with Gasteiger partial charge >= 0.3 is 0 Å². The first-order valence-electron chi connectivity index (χ1n) is 2.47.